The Morgan fingerprint density at radius 1 is 1.03 bits per heavy atom. The highest BCUT2D eigenvalue weighted by atomic mass is 32.2. The van der Waals surface area contributed by atoms with E-state index in [1.165, 1.54) is 22.7 Å². The molecule has 0 atom stereocenters. The van der Waals surface area contributed by atoms with E-state index in [4.69, 9.17) is 0 Å². The summed E-state index contributed by atoms with van der Waals surface area (Å²) in [4.78, 5) is 38.5. The predicted octanol–water partition coefficient (Wildman–Crippen LogP) is 3.62. The number of benzene rings is 2. The maximum absolute atomic E-state index is 13.0. The van der Waals surface area contributed by atoms with Crippen LogP contribution in [0.4, 0.5) is 0 Å². The summed E-state index contributed by atoms with van der Waals surface area (Å²) in [5, 5.41) is 12.5. The molecule has 1 aliphatic carbocycles. The fourth-order valence-electron chi connectivity index (χ4n) is 4.45. The molecule has 34 heavy (non-hydrogen) atoms. The number of fused-ring (bicyclic) bond motifs is 3. The molecule has 0 saturated heterocycles. The van der Waals surface area contributed by atoms with Gasteiger partial charge in [0.25, 0.3) is 11.5 Å². The second-order valence-corrected chi connectivity index (χ2v) is 9.54. The number of rotatable bonds is 6. The summed E-state index contributed by atoms with van der Waals surface area (Å²) in [5.41, 5.74) is 1.44. The second kappa shape index (κ2) is 9.42. The van der Waals surface area contributed by atoms with E-state index in [-0.39, 0.29) is 29.0 Å². The minimum atomic E-state index is -0.217. The summed E-state index contributed by atoms with van der Waals surface area (Å²) in [6, 6.07) is 14.3. The van der Waals surface area contributed by atoms with Crippen molar-refractivity contribution in [2.45, 2.75) is 43.3 Å². The second-order valence-electron chi connectivity index (χ2n) is 8.60. The van der Waals surface area contributed by atoms with E-state index in [1.54, 1.807) is 41.8 Å². The van der Waals surface area contributed by atoms with Crippen LogP contribution in [-0.2, 0) is 7.05 Å². The smallest absolute Gasteiger partial charge is 0.262 e. The van der Waals surface area contributed by atoms with Crippen molar-refractivity contribution in [3.63, 3.8) is 0 Å². The summed E-state index contributed by atoms with van der Waals surface area (Å²) >= 11 is 1.26. The van der Waals surface area contributed by atoms with E-state index in [0.717, 1.165) is 25.7 Å². The molecular weight excluding hydrogens is 450 g/mol. The minimum Gasteiger partial charge on any atom is -0.349 e. The number of hydrogen-bond donors (Lipinski definition) is 1. The maximum Gasteiger partial charge on any atom is 0.262 e. The maximum atomic E-state index is 13.0. The first-order valence-corrected chi connectivity index (χ1v) is 12.4. The minimum absolute atomic E-state index is 0.0241. The van der Waals surface area contributed by atoms with Crippen LogP contribution in [0.1, 0.15) is 52.8 Å². The molecule has 0 spiro atoms. The number of thioether (sulfide) groups is 1. The van der Waals surface area contributed by atoms with Gasteiger partial charge in [-0.3, -0.25) is 23.4 Å². The van der Waals surface area contributed by atoms with Crippen molar-refractivity contribution < 1.29 is 9.59 Å². The summed E-state index contributed by atoms with van der Waals surface area (Å²) < 4.78 is 3.18. The lowest BCUT2D eigenvalue weighted by atomic mass is 9.95. The van der Waals surface area contributed by atoms with Crippen LogP contribution < -0.4 is 10.9 Å². The number of hydrogen-bond acceptors (Lipinski definition) is 6. The molecule has 5 rings (SSSR count). The van der Waals surface area contributed by atoms with Gasteiger partial charge in [-0.15, -0.1) is 10.2 Å². The van der Waals surface area contributed by atoms with Gasteiger partial charge < -0.3 is 5.32 Å². The van der Waals surface area contributed by atoms with E-state index >= 15 is 0 Å². The van der Waals surface area contributed by atoms with Gasteiger partial charge in [-0.25, -0.2) is 0 Å². The number of nitrogens with zero attached hydrogens (tertiary/aromatic N) is 4. The lowest BCUT2D eigenvalue weighted by molar-refractivity contribution is 0.0927. The highest BCUT2D eigenvalue weighted by molar-refractivity contribution is 7.99. The van der Waals surface area contributed by atoms with Crippen LogP contribution in [-0.4, -0.2) is 42.7 Å². The zero-order chi connectivity index (χ0) is 23.7. The van der Waals surface area contributed by atoms with Crippen molar-refractivity contribution in [1.82, 2.24) is 24.5 Å². The Bertz CT molecular complexity index is 1440. The van der Waals surface area contributed by atoms with Gasteiger partial charge in [0.15, 0.2) is 10.9 Å². The number of aromatic nitrogens is 4. The van der Waals surface area contributed by atoms with Gasteiger partial charge in [0, 0.05) is 24.2 Å². The normalized spacial score (nSPS) is 14.5. The van der Waals surface area contributed by atoms with E-state index < -0.39 is 0 Å². The van der Waals surface area contributed by atoms with Crippen LogP contribution in [0.5, 0.6) is 0 Å². The van der Waals surface area contributed by atoms with E-state index in [0.29, 0.717) is 33.0 Å². The van der Waals surface area contributed by atoms with Crippen LogP contribution in [0, 0.1) is 0 Å². The van der Waals surface area contributed by atoms with E-state index in [1.807, 2.05) is 18.2 Å². The molecule has 8 nitrogen and oxygen atoms in total. The van der Waals surface area contributed by atoms with Crippen molar-refractivity contribution in [2.75, 3.05) is 5.75 Å². The monoisotopic (exact) mass is 475 g/mol. The van der Waals surface area contributed by atoms with Crippen molar-refractivity contribution >= 4 is 40.1 Å². The summed E-state index contributed by atoms with van der Waals surface area (Å²) in [6.45, 7) is 0. The molecule has 1 saturated carbocycles. The Labute approximate surface area is 200 Å². The van der Waals surface area contributed by atoms with E-state index in [9.17, 15) is 14.4 Å². The molecule has 1 amide bonds. The van der Waals surface area contributed by atoms with Gasteiger partial charge in [-0.2, -0.15) is 0 Å². The zero-order valence-corrected chi connectivity index (χ0v) is 19.7. The van der Waals surface area contributed by atoms with Crippen LogP contribution in [0.3, 0.4) is 0 Å². The molecular formula is C25H25N5O3S. The molecule has 1 fully saturated rings. The van der Waals surface area contributed by atoms with Gasteiger partial charge in [0.1, 0.15) is 0 Å². The molecule has 0 radical (unpaired) electrons. The number of ketones is 1. The SMILES string of the molecule is Cn1c(=O)c2ccc(C(=O)NC3CCCCC3)cc2n2c(SCC(=O)c3ccccc3)nnc12. The molecule has 1 aliphatic rings. The molecule has 2 heterocycles. The Morgan fingerprint density at radius 3 is 2.56 bits per heavy atom. The number of aryl methyl sites for hydroxylation is 1. The Balaban J connectivity index is 1.50. The first kappa shape index (κ1) is 22.3. The summed E-state index contributed by atoms with van der Waals surface area (Å²) in [7, 11) is 1.64. The third-order valence-electron chi connectivity index (χ3n) is 6.32. The highest BCUT2D eigenvalue weighted by Gasteiger charge is 2.20. The number of carbonyl (C=O) groups is 2. The molecule has 2 aromatic heterocycles. The number of nitrogens with one attached hydrogen (secondary N) is 1. The Morgan fingerprint density at radius 2 is 1.79 bits per heavy atom. The first-order valence-electron chi connectivity index (χ1n) is 11.4. The average Bonchev–Trinajstić information content (AvgIpc) is 3.31. The Hall–Kier alpha value is -3.46. The van der Waals surface area contributed by atoms with Gasteiger partial charge in [-0.1, -0.05) is 61.4 Å². The molecule has 0 bridgehead atoms. The molecule has 174 valence electrons. The summed E-state index contributed by atoms with van der Waals surface area (Å²) in [6.07, 6.45) is 5.45. The third kappa shape index (κ3) is 4.23. The van der Waals surface area contributed by atoms with Crippen LogP contribution in [0.15, 0.2) is 58.5 Å². The van der Waals surface area contributed by atoms with Crippen LogP contribution >= 0.6 is 11.8 Å². The van der Waals surface area contributed by atoms with E-state index in [2.05, 4.69) is 15.5 Å². The van der Waals surface area contributed by atoms with Crippen molar-refractivity contribution in [2.24, 2.45) is 7.05 Å². The fourth-order valence-corrected chi connectivity index (χ4v) is 5.28. The largest absolute Gasteiger partial charge is 0.349 e. The van der Waals surface area contributed by atoms with Gasteiger partial charge in [0.05, 0.1) is 16.7 Å². The number of amides is 1. The first-order chi connectivity index (χ1) is 16.5. The van der Waals surface area contributed by atoms with Gasteiger partial charge >= 0.3 is 0 Å². The summed E-state index contributed by atoms with van der Waals surface area (Å²) in [5.74, 6) is 0.363. The lowest BCUT2D eigenvalue weighted by Crippen LogP contribution is -2.36. The lowest BCUT2D eigenvalue weighted by Gasteiger charge is -2.22. The number of carbonyl (C=O) groups excluding carboxylic acids is 2. The molecule has 0 aliphatic heterocycles. The molecule has 9 heteroatoms. The fraction of sp³-hybridized carbons (Fsp3) is 0.320. The molecule has 2 aromatic carbocycles. The molecule has 1 N–H and O–H groups in total. The topological polar surface area (TPSA) is 98.4 Å². The quantitative estimate of drug-likeness (QED) is 0.338. The standard InChI is InChI=1S/C25H25N5O3S/c1-29-23(33)19-13-12-17(22(32)26-18-10-6-3-7-11-18)14-20(19)30-24(29)27-28-25(30)34-15-21(31)16-8-4-2-5-9-16/h2,4-5,8-9,12-14,18H,3,6-7,10-11,15H2,1H3,(H,26,32). The van der Waals surface area contributed by atoms with Crippen LogP contribution in [0.25, 0.3) is 16.7 Å². The van der Waals surface area contributed by atoms with Gasteiger partial charge in [0.2, 0.25) is 5.78 Å². The highest BCUT2D eigenvalue weighted by Crippen LogP contribution is 2.24. The number of Topliss-reactive ketones (excluding diaryl/α,β-unsaturated/α-hetero) is 1. The van der Waals surface area contributed by atoms with Crippen molar-refractivity contribution in [3.05, 3.63) is 70.0 Å². The van der Waals surface area contributed by atoms with Crippen molar-refractivity contribution in [3.8, 4) is 0 Å². The van der Waals surface area contributed by atoms with Crippen LogP contribution in [0.2, 0.25) is 0 Å². The zero-order valence-electron chi connectivity index (χ0n) is 18.9. The molecule has 4 aromatic rings. The van der Waals surface area contributed by atoms with Crippen molar-refractivity contribution in [1.29, 1.82) is 0 Å². The Kier molecular flexibility index (Phi) is 6.19. The molecule has 0 unspecified atom stereocenters. The van der Waals surface area contributed by atoms with Gasteiger partial charge in [-0.05, 0) is 31.0 Å². The predicted molar refractivity (Wildman–Crippen MR) is 132 cm³/mol. The average molecular weight is 476 g/mol. The third-order valence-corrected chi connectivity index (χ3v) is 7.25.